The van der Waals surface area contributed by atoms with E-state index >= 15 is 0 Å². The van der Waals surface area contributed by atoms with E-state index in [1.54, 1.807) is 0 Å². The molecule has 1 aromatic rings. The monoisotopic (exact) mass is 318 g/mol. The number of nitrogens with one attached hydrogen (secondary N) is 1. The van der Waals surface area contributed by atoms with Crippen LogP contribution >= 0.6 is 0 Å². The van der Waals surface area contributed by atoms with Crippen LogP contribution in [-0.4, -0.2) is 37.6 Å². The number of aldehydes is 1. The number of amides is 1. The number of hydrogen-bond acceptors (Lipinski definition) is 4. The molecule has 0 aromatic heterocycles. The topological polar surface area (TPSA) is 58.6 Å². The number of carbonyl (C=O) groups excluding carboxylic acids is 2. The van der Waals surface area contributed by atoms with Crippen LogP contribution in [0.1, 0.15) is 44.0 Å². The lowest BCUT2D eigenvalue weighted by atomic mass is 9.97. The van der Waals surface area contributed by atoms with Crippen molar-refractivity contribution in [3.63, 3.8) is 0 Å². The molecule has 1 heterocycles. The van der Waals surface area contributed by atoms with Crippen LogP contribution in [-0.2, 0) is 4.74 Å². The van der Waals surface area contributed by atoms with Crippen molar-refractivity contribution in [1.82, 2.24) is 5.32 Å². The van der Waals surface area contributed by atoms with Gasteiger partial charge in [0.2, 0.25) is 0 Å². The highest BCUT2D eigenvalue weighted by Gasteiger charge is 2.22. The van der Waals surface area contributed by atoms with E-state index in [0.717, 1.165) is 37.9 Å². The Kier molecular flexibility index (Phi) is 5.64. The zero-order chi connectivity index (χ0) is 16.9. The molecule has 1 amide bonds. The van der Waals surface area contributed by atoms with Gasteiger partial charge in [-0.1, -0.05) is 12.1 Å². The fourth-order valence-corrected chi connectivity index (χ4v) is 2.80. The fraction of sp³-hybridized carbons (Fsp3) is 0.556. The van der Waals surface area contributed by atoms with Gasteiger partial charge in [-0.3, -0.25) is 4.79 Å². The average molecular weight is 318 g/mol. The van der Waals surface area contributed by atoms with Gasteiger partial charge in [0.25, 0.3) is 0 Å². The molecule has 0 saturated carbocycles. The number of alkyl carbamates (subject to hydrolysis) is 1. The minimum absolute atomic E-state index is 0.363. The number of anilines is 1. The second kappa shape index (κ2) is 7.49. The van der Waals surface area contributed by atoms with E-state index in [9.17, 15) is 9.59 Å². The van der Waals surface area contributed by atoms with Crippen LogP contribution in [0.15, 0.2) is 24.3 Å². The second-order valence-corrected chi connectivity index (χ2v) is 7.05. The van der Waals surface area contributed by atoms with Crippen molar-refractivity contribution in [3.8, 4) is 0 Å². The SMILES string of the molecule is CC(C)(C)OC(=O)NC[C@@H]1CCCN(c2cccc(C=O)c2)C1. The molecular formula is C18H26N2O3. The van der Waals surface area contributed by atoms with Crippen LogP contribution in [0.25, 0.3) is 0 Å². The Morgan fingerprint density at radius 1 is 1.43 bits per heavy atom. The lowest BCUT2D eigenvalue weighted by Crippen LogP contribution is -2.42. The molecule has 1 aliphatic rings. The number of benzene rings is 1. The third-order valence-electron chi connectivity index (χ3n) is 3.82. The smallest absolute Gasteiger partial charge is 0.407 e. The number of piperidine rings is 1. The molecule has 23 heavy (non-hydrogen) atoms. The van der Waals surface area contributed by atoms with Gasteiger partial charge in [0.1, 0.15) is 11.9 Å². The molecule has 0 bridgehead atoms. The zero-order valence-electron chi connectivity index (χ0n) is 14.2. The van der Waals surface area contributed by atoms with E-state index in [0.29, 0.717) is 18.0 Å². The molecule has 1 aromatic carbocycles. The molecule has 0 spiro atoms. The highest BCUT2D eigenvalue weighted by atomic mass is 16.6. The molecule has 5 nitrogen and oxygen atoms in total. The highest BCUT2D eigenvalue weighted by Crippen LogP contribution is 2.23. The van der Waals surface area contributed by atoms with E-state index in [1.165, 1.54) is 0 Å². The molecule has 0 unspecified atom stereocenters. The van der Waals surface area contributed by atoms with Crippen molar-refractivity contribution in [1.29, 1.82) is 0 Å². The largest absolute Gasteiger partial charge is 0.444 e. The Labute approximate surface area is 138 Å². The summed E-state index contributed by atoms with van der Waals surface area (Å²) in [4.78, 5) is 24.9. The molecule has 5 heteroatoms. The van der Waals surface area contributed by atoms with Gasteiger partial charge in [-0.2, -0.15) is 0 Å². The first kappa shape index (κ1) is 17.3. The molecule has 0 radical (unpaired) electrons. The van der Waals surface area contributed by atoms with Crippen LogP contribution in [0.2, 0.25) is 0 Å². The normalized spacial score (nSPS) is 18.4. The molecule has 1 atom stereocenters. The van der Waals surface area contributed by atoms with E-state index in [2.05, 4.69) is 10.2 Å². The van der Waals surface area contributed by atoms with Gasteiger partial charge in [-0.15, -0.1) is 0 Å². The Morgan fingerprint density at radius 3 is 2.91 bits per heavy atom. The first-order chi connectivity index (χ1) is 10.9. The zero-order valence-corrected chi connectivity index (χ0v) is 14.2. The van der Waals surface area contributed by atoms with Crippen molar-refractivity contribution in [3.05, 3.63) is 29.8 Å². The number of rotatable bonds is 4. The third kappa shape index (κ3) is 5.58. The van der Waals surface area contributed by atoms with Crippen molar-refractivity contribution in [2.24, 2.45) is 5.92 Å². The summed E-state index contributed by atoms with van der Waals surface area (Å²) in [6.45, 7) is 8.03. The van der Waals surface area contributed by atoms with Gasteiger partial charge in [-0.05, 0) is 51.7 Å². The quantitative estimate of drug-likeness (QED) is 0.866. The molecule has 1 aliphatic heterocycles. The lowest BCUT2D eigenvalue weighted by molar-refractivity contribution is 0.0517. The van der Waals surface area contributed by atoms with Crippen LogP contribution in [0.3, 0.4) is 0 Å². The molecular weight excluding hydrogens is 292 g/mol. The second-order valence-electron chi connectivity index (χ2n) is 7.05. The summed E-state index contributed by atoms with van der Waals surface area (Å²) in [6, 6.07) is 7.65. The Balaban J connectivity index is 1.88. The summed E-state index contributed by atoms with van der Waals surface area (Å²) < 4.78 is 5.27. The summed E-state index contributed by atoms with van der Waals surface area (Å²) in [5, 5.41) is 2.86. The lowest BCUT2D eigenvalue weighted by Gasteiger charge is -2.34. The van der Waals surface area contributed by atoms with Crippen molar-refractivity contribution in [2.75, 3.05) is 24.5 Å². The molecule has 1 saturated heterocycles. The predicted octanol–water partition coefficient (Wildman–Crippen LogP) is 3.24. The van der Waals surface area contributed by atoms with Gasteiger partial charge in [-0.25, -0.2) is 4.79 Å². The molecule has 126 valence electrons. The molecule has 2 rings (SSSR count). The maximum Gasteiger partial charge on any atom is 0.407 e. The minimum atomic E-state index is -0.474. The Bertz CT molecular complexity index is 551. The van der Waals surface area contributed by atoms with Gasteiger partial charge >= 0.3 is 6.09 Å². The van der Waals surface area contributed by atoms with E-state index in [1.807, 2.05) is 45.0 Å². The average Bonchev–Trinajstić information content (AvgIpc) is 2.52. The van der Waals surface area contributed by atoms with Gasteiger partial charge in [0, 0.05) is 30.9 Å². The number of hydrogen-bond donors (Lipinski definition) is 1. The van der Waals surface area contributed by atoms with Gasteiger partial charge in [0.15, 0.2) is 0 Å². The van der Waals surface area contributed by atoms with Crippen molar-refractivity contribution in [2.45, 2.75) is 39.2 Å². The maximum atomic E-state index is 11.8. The molecule has 1 N–H and O–H groups in total. The van der Waals surface area contributed by atoms with Crippen LogP contribution in [0.4, 0.5) is 10.5 Å². The fourth-order valence-electron chi connectivity index (χ4n) is 2.80. The van der Waals surface area contributed by atoms with Crippen LogP contribution in [0, 0.1) is 5.92 Å². The first-order valence-electron chi connectivity index (χ1n) is 8.14. The number of ether oxygens (including phenoxy) is 1. The summed E-state index contributed by atoms with van der Waals surface area (Å²) in [7, 11) is 0. The van der Waals surface area contributed by atoms with Gasteiger partial charge in [0.05, 0.1) is 0 Å². The standard InChI is InChI=1S/C18H26N2O3/c1-18(2,3)23-17(22)19-11-15-7-5-9-20(12-15)16-8-4-6-14(10-16)13-21/h4,6,8,10,13,15H,5,7,9,11-12H2,1-3H3,(H,19,22)/t15-/m0/s1. The Hall–Kier alpha value is -2.04. The van der Waals surface area contributed by atoms with E-state index in [4.69, 9.17) is 4.74 Å². The van der Waals surface area contributed by atoms with Gasteiger partial charge < -0.3 is 15.0 Å². The first-order valence-corrected chi connectivity index (χ1v) is 8.14. The predicted molar refractivity (Wildman–Crippen MR) is 91.0 cm³/mol. The minimum Gasteiger partial charge on any atom is -0.444 e. The van der Waals surface area contributed by atoms with Crippen molar-refractivity contribution < 1.29 is 14.3 Å². The maximum absolute atomic E-state index is 11.8. The summed E-state index contributed by atoms with van der Waals surface area (Å²) in [6.07, 6.45) is 2.67. The summed E-state index contributed by atoms with van der Waals surface area (Å²) >= 11 is 0. The number of nitrogens with zero attached hydrogens (tertiary/aromatic N) is 1. The Morgan fingerprint density at radius 2 is 2.22 bits per heavy atom. The van der Waals surface area contributed by atoms with Crippen molar-refractivity contribution >= 4 is 18.1 Å². The third-order valence-corrected chi connectivity index (χ3v) is 3.82. The summed E-state index contributed by atoms with van der Waals surface area (Å²) in [5.41, 5.74) is 1.28. The molecule has 1 fully saturated rings. The summed E-state index contributed by atoms with van der Waals surface area (Å²) in [5.74, 6) is 0.385. The van der Waals surface area contributed by atoms with E-state index < -0.39 is 5.60 Å². The van der Waals surface area contributed by atoms with Crippen LogP contribution < -0.4 is 10.2 Å². The number of carbonyl (C=O) groups is 2. The van der Waals surface area contributed by atoms with E-state index in [-0.39, 0.29) is 6.09 Å². The molecule has 0 aliphatic carbocycles. The van der Waals surface area contributed by atoms with Crippen LogP contribution in [0.5, 0.6) is 0 Å². The highest BCUT2D eigenvalue weighted by molar-refractivity contribution is 5.77.